The van der Waals surface area contributed by atoms with E-state index in [-0.39, 0.29) is 0 Å². The molecule has 182 valence electrons. The van der Waals surface area contributed by atoms with Gasteiger partial charge in [-0.05, 0) is 49.2 Å². The van der Waals surface area contributed by atoms with E-state index in [1.807, 2.05) is 42.5 Å². The number of nitrogen functional groups attached to an aromatic ring is 1. The quantitative estimate of drug-likeness (QED) is 0.450. The van der Waals surface area contributed by atoms with Crippen molar-refractivity contribution in [1.29, 1.82) is 0 Å². The van der Waals surface area contributed by atoms with Crippen LogP contribution in [0, 0.1) is 5.92 Å². The van der Waals surface area contributed by atoms with Gasteiger partial charge in [-0.25, -0.2) is 4.98 Å². The Bertz CT molecular complexity index is 1290. The molecule has 2 aliphatic rings. The van der Waals surface area contributed by atoms with E-state index < -0.39 is 0 Å². The van der Waals surface area contributed by atoms with Crippen LogP contribution < -0.4 is 20.1 Å². The van der Waals surface area contributed by atoms with Gasteiger partial charge in [-0.2, -0.15) is 9.50 Å². The molecule has 2 fully saturated rings. The number of fused-ring (bicyclic) bond motifs is 2. The van der Waals surface area contributed by atoms with Crippen LogP contribution in [0.5, 0.6) is 11.5 Å². The Hall–Kier alpha value is -3.79. The fourth-order valence-corrected chi connectivity index (χ4v) is 5.06. The molecule has 2 atom stereocenters. The summed E-state index contributed by atoms with van der Waals surface area (Å²) in [6, 6.07) is 13.9. The van der Waals surface area contributed by atoms with Gasteiger partial charge in [0.1, 0.15) is 17.3 Å². The Morgan fingerprint density at radius 2 is 1.91 bits per heavy atom. The number of hydrogen-bond acceptors (Lipinski definition) is 9. The summed E-state index contributed by atoms with van der Waals surface area (Å²) >= 11 is 0. The summed E-state index contributed by atoms with van der Waals surface area (Å²) in [7, 11) is 1.67. The molecule has 0 radical (unpaired) electrons. The smallest absolute Gasteiger partial charge is 0.225 e. The molecule has 5 heterocycles. The molecule has 10 heteroatoms. The molecule has 2 unspecified atom stereocenters. The van der Waals surface area contributed by atoms with Crippen LogP contribution in [-0.2, 0) is 0 Å². The second-order valence-electron chi connectivity index (χ2n) is 9.18. The van der Waals surface area contributed by atoms with Crippen molar-refractivity contribution >= 4 is 17.4 Å². The number of piperazine rings is 1. The minimum atomic E-state index is 0.324. The first-order valence-electron chi connectivity index (χ1n) is 12.0. The Morgan fingerprint density at radius 3 is 2.71 bits per heavy atom. The van der Waals surface area contributed by atoms with E-state index in [0.717, 1.165) is 62.9 Å². The van der Waals surface area contributed by atoms with Crippen LogP contribution in [0.4, 0.5) is 11.8 Å². The molecule has 0 bridgehead atoms. The van der Waals surface area contributed by atoms with Crippen LogP contribution in [0.2, 0.25) is 0 Å². The zero-order valence-electron chi connectivity index (χ0n) is 19.7. The molecule has 2 saturated heterocycles. The Labute approximate surface area is 203 Å². The monoisotopic (exact) mass is 475 g/mol. The van der Waals surface area contributed by atoms with Gasteiger partial charge in [0, 0.05) is 44.2 Å². The first kappa shape index (κ1) is 21.7. The predicted molar refractivity (Wildman–Crippen MR) is 132 cm³/mol. The first-order chi connectivity index (χ1) is 17.2. The standard InChI is InChI=1S/C25H29N7O3/c1-33-19-6-8-20(9-7-19)35-16-17-4-5-18-15-31(11-10-30(18)14-17)22-13-23-27-24(21-3-2-12-34-21)29-32(23)25(26)28-22/h2-3,6-9,12-13,17-18H,4-5,10-11,14-16H2,1H3,(H2,26,28). The summed E-state index contributed by atoms with van der Waals surface area (Å²) in [6.07, 6.45) is 3.89. The second-order valence-corrected chi connectivity index (χ2v) is 9.18. The van der Waals surface area contributed by atoms with E-state index in [1.165, 1.54) is 0 Å². The lowest BCUT2D eigenvalue weighted by Crippen LogP contribution is -2.57. The molecule has 10 nitrogen and oxygen atoms in total. The average Bonchev–Trinajstić information content (AvgIpc) is 3.58. The van der Waals surface area contributed by atoms with E-state index in [9.17, 15) is 0 Å². The van der Waals surface area contributed by atoms with E-state index in [2.05, 4.69) is 24.9 Å². The van der Waals surface area contributed by atoms with Gasteiger partial charge in [0.2, 0.25) is 11.8 Å². The maximum atomic E-state index is 6.24. The fraction of sp³-hybridized carbons (Fsp3) is 0.400. The van der Waals surface area contributed by atoms with Gasteiger partial charge in [0.15, 0.2) is 11.4 Å². The summed E-state index contributed by atoms with van der Waals surface area (Å²) in [5.74, 6) is 4.54. The number of nitrogens with two attached hydrogens (primary N) is 1. The van der Waals surface area contributed by atoms with Crippen LogP contribution in [0.15, 0.2) is 53.1 Å². The van der Waals surface area contributed by atoms with E-state index in [1.54, 1.807) is 17.9 Å². The normalized spacial score (nSPS) is 20.7. The number of rotatable bonds is 6. The third-order valence-electron chi connectivity index (χ3n) is 6.95. The van der Waals surface area contributed by atoms with Crippen molar-refractivity contribution in [2.24, 2.45) is 5.92 Å². The topological polar surface area (TPSA) is 107 Å². The van der Waals surface area contributed by atoms with Crippen LogP contribution >= 0.6 is 0 Å². The van der Waals surface area contributed by atoms with E-state index in [4.69, 9.17) is 19.6 Å². The lowest BCUT2D eigenvalue weighted by atomic mass is 9.91. The highest BCUT2D eigenvalue weighted by atomic mass is 16.5. The zero-order chi connectivity index (χ0) is 23.8. The molecule has 4 aromatic rings. The highest BCUT2D eigenvalue weighted by molar-refractivity contribution is 5.59. The number of benzene rings is 1. The Balaban J connectivity index is 1.09. The maximum absolute atomic E-state index is 6.24. The van der Waals surface area contributed by atoms with Gasteiger partial charge in [0.05, 0.1) is 20.0 Å². The van der Waals surface area contributed by atoms with Crippen molar-refractivity contribution in [3.05, 3.63) is 48.7 Å². The van der Waals surface area contributed by atoms with Gasteiger partial charge < -0.3 is 24.5 Å². The Kier molecular flexibility index (Phi) is 5.65. The minimum absolute atomic E-state index is 0.324. The molecule has 1 aromatic carbocycles. The van der Waals surface area contributed by atoms with E-state index in [0.29, 0.717) is 35.1 Å². The highest BCUT2D eigenvalue weighted by Gasteiger charge is 2.34. The fourth-order valence-electron chi connectivity index (χ4n) is 5.06. The number of anilines is 2. The zero-order valence-corrected chi connectivity index (χ0v) is 19.7. The molecular formula is C25H29N7O3. The molecule has 0 aliphatic carbocycles. The van der Waals surface area contributed by atoms with Crippen LogP contribution in [0.1, 0.15) is 12.8 Å². The number of hydrogen-bond donors (Lipinski definition) is 1. The predicted octanol–water partition coefficient (Wildman–Crippen LogP) is 2.95. The maximum Gasteiger partial charge on any atom is 0.225 e. The van der Waals surface area contributed by atoms with Gasteiger partial charge in [-0.1, -0.05) is 0 Å². The summed E-state index contributed by atoms with van der Waals surface area (Å²) in [6.45, 7) is 4.60. The van der Waals surface area contributed by atoms with Gasteiger partial charge >= 0.3 is 0 Å². The number of methoxy groups -OCH3 is 1. The SMILES string of the molecule is COc1ccc(OCC2CCC3CN(c4cc5nc(-c6ccco6)nn5c(N)n4)CCN3C2)cc1. The summed E-state index contributed by atoms with van der Waals surface area (Å²) in [5.41, 5.74) is 6.91. The van der Waals surface area contributed by atoms with Crippen molar-refractivity contribution in [1.82, 2.24) is 24.5 Å². The number of piperidine rings is 1. The third-order valence-corrected chi connectivity index (χ3v) is 6.95. The van der Waals surface area contributed by atoms with Gasteiger partial charge in [-0.3, -0.25) is 4.90 Å². The first-order valence-corrected chi connectivity index (χ1v) is 12.0. The Morgan fingerprint density at radius 1 is 1.06 bits per heavy atom. The number of nitrogens with zero attached hydrogens (tertiary/aromatic N) is 6. The lowest BCUT2D eigenvalue weighted by molar-refractivity contribution is 0.0727. The number of furan rings is 1. The van der Waals surface area contributed by atoms with Gasteiger partial charge in [0.25, 0.3) is 0 Å². The average molecular weight is 476 g/mol. The lowest BCUT2D eigenvalue weighted by Gasteiger charge is -2.46. The summed E-state index contributed by atoms with van der Waals surface area (Å²) in [4.78, 5) is 14.1. The van der Waals surface area contributed by atoms with Crippen molar-refractivity contribution in [3.8, 4) is 23.1 Å². The van der Waals surface area contributed by atoms with Crippen molar-refractivity contribution in [2.75, 3.05) is 50.5 Å². The highest BCUT2D eigenvalue weighted by Crippen LogP contribution is 2.29. The molecular weight excluding hydrogens is 446 g/mol. The molecule has 2 aliphatic heterocycles. The van der Waals surface area contributed by atoms with Crippen molar-refractivity contribution in [3.63, 3.8) is 0 Å². The van der Waals surface area contributed by atoms with E-state index >= 15 is 0 Å². The summed E-state index contributed by atoms with van der Waals surface area (Å²) in [5, 5.41) is 4.44. The minimum Gasteiger partial charge on any atom is -0.497 e. The molecule has 3 aromatic heterocycles. The molecule has 6 rings (SSSR count). The number of ether oxygens (including phenoxy) is 2. The van der Waals surface area contributed by atoms with Crippen molar-refractivity contribution in [2.45, 2.75) is 18.9 Å². The van der Waals surface area contributed by atoms with Gasteiger partial charge in [-0.15, -0.1) is 5.10 Å². The van der Waals surface area contributed by atoms with Crippen LogP contribution in [-0.4, -0.2) is 70.4 Å². The van der Waals surface area contributed by atoms with Crippen LogP contribution in [0.3, 0.4) is 0 Å². The summed E-state index contributed by atoms with van der Waals surface area (Å²) < 4.78 is 18.3. The van der Waals surface area contributed by atoms with Crippen molar-refractivity contribution < 1.29 is 13.9 Å². The largest absolute Gasteiger partial charge is 0.497 e. The molecule has 2 N–H and O–H groups in total. The van der Waals surface area contributed by atoms with Crippen LogP contribution in [0.25, 0.3) is 17.2 Å². The molecule has 0 spiro atoms. The second kappa shape index (κ2) is 9.10. The molecule has 0 amide bonds. The number of aromatic nitrogens is 4. The molecule has 35 heavy (non-hydrogen) atoms. The third kappa shape index (κ3) is 4.37. The molecule has 0 saturated carbocycles.